The van der Waals surface area contributed by atoms with Gasteiger partial charge in [0.1, 0.15) is 5.82 Å². The summed E-state index contributed by atoms with van der Waals surface area (Å²) in [6.07, 6.45) is 1.57. The van der Waals surface area contributed by atoms with Gasteiger partial charge in [0.05, 0.1) is 17.1 Å². The monoisotopic (exact) mass is 385 g/mol. The normalized spacial score (nSPS) is 11.1. The van der Waals surface area contributed by atoms with Gasteiger partial charge in [-0.15, -0.1) is 0 Å². The van der Waals surface area contributed by atoms with E-state index in [1.54, 1.807) is 24.4 Å². The van der Waals surface area contributed by atoms with E-state index in [0.29, 0.717) is 11.4 Å². The number of amides is 1. The van der Waals surface area contributed by atoms with Gasteiger partial charge in [-0.05, 0) is 54.6 Å². The molecule has 0 unspecified atom stereocenters. The highest BCUT2D eigenvalue weighted by Gasteiger charge is 2.16. The minimum atomic E-state index is -3.81. The Hall–Kier alpha value is -3.10. The van der Waals surface area contributed by atoms with Crippen molar-refractivity contribution in [2.45, 2.75) is 11.4 Å². The minimum absolute atomic E-state index is 0.0369. The van der Waals surface area contributed by atoms with Crippen molar-refractivity contribution in [1.29, 1.82) is 0 Å². The van der Waals surface area contributed by atoms with Crippen LogP contribution in [0, 0.1) is 5.82 Å². The van der Waals surface area contributed by atoms with E-state index in [0.717, 1.165) is 0 Å². The third-order valence-electron chi connectivity index (χ3n) is 3.68. The van der Waals surface area contributed by atoms with E-state index in [-0.39, 0.29) is 17.0 Å². The molecule has 3 aromatic rings. The van der Waals surface area contributed by atoms with Crippen LogP contribution in [0.1, 0.15) is 16.1 Å². The Morgan fingerprint density at radius 1 is 1.00 bits per heavy atom. The molecule has 2 N–H and O–H groups in total. The number of nitrogens with one attached hydrogen (secondary N) is 2. The number of carbonyl (C=O) groups excluding carboxylic acids is 1. The molecular weight excluding hydrogens is 369 g/mol. The zero-order valence-electron chi connectivity index (χ0n) is 14.1. The standard InChI is InChI=1S/C19H16FN3O3S/c20-15-7-9-16(10-8-15)23-19(24)14-4-3-6-18(12-14)27(25,26)22-13-17-5-1-2-11-21-17/h1-12,22H,13H2,(H,23,24). The van der Waals surface area contributed by atoms with Gasteiger partial charge in [0, 0.05) is 17.4 Å². The fourth-order valence-electron chi connectivity index (χ4n) is 2.30. The third kappa shape index (κ3) is 4.96. The first-order valence-electron chi connectivity index (χ1n) is 8.01. The van der Waals surface area contributed by atoms with Crippen LogP contribution < -0.4 is 10.0 Å². The summed E-state index contributed by atoms with van der Waals surface area (Å²) >= 11 is 0. The lowest BCUT2D eigenvalue weighted by molar-refractivity contribution is 0.102. The van der Waals surface area contributed by atoms with Gasteiger partial charge in [-0.2, -0.15) is 0 Å². The van der Waals surface area contributed by atoms with Crippen molar-refractivity contribution >= 4 is 21.6 Å². The summed E-state index contributed by atoms with van der Waals surface area (Å²) in [6, 6.07) is 16.1. The van der Waals surface area contributed by atoms with Crippen LogP contribution in [0.3, 0.4) is 0 Å². The Kier molecular flexibility index (Phi) is 5.58. The molecule has 0 spiro atoms. The van der Waals surface area contributed by atoms with Crippen molar-refractivity contribution in [3.8, 4) is 0 Å². The lowest BCUT2D eigenvalue weighted by Crippen LogP contribution is -2.24. The van der Waals surface area contributed by atoms with Gasteiger partial charge in [0.15, 0.2) is 0 Å². The minimum Gasteiger partial charge on any atom is -0.322 e. The van der Waals surface area contributed by atoms with Crippen LogP contribution >= 0.6 is 0 Å². The highest BCUT2D eigenvalue weighted by molar-refractivity contribution is 7.89. The first kappa shape index (κ1) is 18.7. The number of sulfonamides is 1. The molecule has 0 saturated heterocycles. The zero-order chi connectivity index (χ0) is 19.3. The van der Waals surface area contributed by atoms with Crippen LogP contribution in [-0.2, 0) is 16.6 Å². The van der Waals surface area contributed by atoms with E-state index in [1.807, 2.05) is 0 Å². The number of halogens is 1. The number of benzene rings is 2. The summed E-state index contributed by atoms with van der Waals surface area (Å²) in [5, 5.41) is 2.59. The summed E-state index contributed by atoms with van der Waals surface area (Å²) < 4.78 is 40.3. The average Bonchev–Trinajstić information content (AvgIpc) is 2.69. The lowest BCUT2D eigenvalue weighted by atomic mass is 10.2. The van der Waals surface area contributed by atoms with Gasteiger partial charge in [0.2, 0.25) is 10.0 Å². The fourth-order valence-corrected chi connectivity index (χ4v) is 3.34. The Bertz CT molecular complexity index is 1040. The maximum absolute atomic E-state index is 12.9. The van der Waals surface area contributed by atoms with E-state index < -0.39 is 21.7 Å². The van der Waals surface area contributed by atoms with Crippen molar-refractivity contribution in [2.24, 2.45) is 0 Å². The Morgan fingerprint density at radius 3 is 2.48 bits per heavy atom. The van der Waals surface area contributed by atoms with E-state index in [1.165, 1.54) is 48.5 Å². The van der Waals surface area contributed by atoms with Crippen LogP contribution in [0.2, 0.25) is 0 Å². The molecule has 0 aliphatic carbocycles. The number of hydrogen-bond donors (Lipinski definition) is 2. The molecular formula is C19H16FN3O3S. The van der Waals surface area contributed by atoms with Crippen molar-refractivity contribution in [3.05, 3.63) is 90.0 Å². The molecule has 0 saturated carbocycles. The van der Waals surface area contributed by atoms with E-state index in [9.17, 15) is 17.6 Å². The van der Waals surface area contributed by atoms with E-state index >= 15 is 0 Å². The van der Waals surface area contributed by atoms with Gasteiger partial charge in [-0.25, -0.2) is 17.5 Å². The quantitative estimate of drug-likeness (QED) is 0.683. The van der Waals surface area contributed by atoms with Gasteiger partial charge in [0.25, 0.3) is 5.91 Å². The molecule has 6 nitrogen and oxygen atoms in total. The van der Waals surface area contributed by atoms with Crippen LogP contribution in [0.15, 0.2) is 77.8 Å². The fraction of sp³-hybridized carbons (Fsp3) is 0.0526. The van der Waals surface area contributed by atoms with Crippen molar-refractivity contribution < 1.29 is 17.6 Å². The maximum Gasteiger partial charge on any atom is 0.255 e. The number of nitrogens with zero attached hydrogens (tertiary/aromatic N) is 1. The summed E-state index contributed by atoms with van der Waals surface area (Å²) in [6.45, 7) is 0.0369. The molecule has 1 heterocycles. The summed E-state index contributed by atoms with van der Waals surface area (Å²) in [4.78, 5) is 16.3. The van der Waals surface area contributed by atoms with Crippen LogP contribution in [0.25, 0.3) is 0 Å². The van der Waals surface area contributed by atoms with Gasteiger partial charge < -0.3 is 5.32 Å². The third-order valence-corrected chi connectivity index (χ3v) is 5.08. The molecule has 0 bridgehead atoms. The molecule has 0 atom stereocenters. The SMILES string of the molecule is O=C(Nc1ccc(F)cc1)c1cccc(S(=O)(=O)NCc2ccccn2)c1. The number of aromatic nitrogens is 1. The molecule has 0 aliphatic rings. The van der Waals surface area contributed by atoms with Crippen LogP contribution in [-0.4, -0.2) is 19.3 Å². The molecule has 2 aromatic carbocycles. The maximum atomic E-state index is 12.9. The highest BCUT2D eigenvalue weighted by atomic mass is 32.2. The van der Waals surface area contributed by atoms with E-state index in [4.69, 9.17) is 0 Å². The molecule has 0 fully saturated rings. The number of hydrogen-bond acceptors (Lipinski definition) is 4. The zero-order valence-corrected chi connectivity index (χ0v) is 14.9. The van der Waals surface area contributed by atoms with Crippen molar-refractivity contribution in [3.63, 3.8) is 0 Å². The molecule has 8 heteroatoms. The van der Waals surface area contributed by atoms with Crippen LogP contribution in [0.5, 0.6) is 0 Å². The first-order valence-corrected chi connectivity index (χ1v) is 9.49. The number of carbonyl (C=O) groups is 1. The summed E-state index contributed by atoms with van der Waals surface area (Å²) in [7, 11) is -3.81. The largest absolute Gasteiger partial charge is 0.322 e. The smallest absolute Gasteiger partial charge is 0.255 e. The summed E-state index contributed by atoms with van der Waals surface area (Å²) in [5.41, 5.74) is 1.15. The second-order valence-corrected chi connectivity index (χ2v) is 7.40. The molecule has 138 valence electrons. The Morgan fingerprint density at radius 2 is 1.78 bits per heavy atom. The molecule has 0 aliphatic heterocycles. The highest BCUT2D eigenvalue weighted by Crippen LogP contribution is 2.15. The molecule has 1 amide bonds. The molecule has 1 aromatic heterocycles. The predicted molar refractivity (Wildman–Crippen MR) is 99.1 cm³/mol. The van der Waals surface area contributed by atoms with Crippen molar-refractivity contribution in [1.82, 2.24) is 9.71 Å². The average molecular weight is 385 g/mol. The second-order valence-electron chi connectivity index (χ2n) is 5.63. The van der Waals surface area contributed by atoms with Gasteiger partial charge in [-0.3, -0.25) is 9.78 Å². The Labute approximate surface area is 156 Å². The van der Waals surface area contributed by atoms with Crippen molar-refractivity contribution in [2.75, 3.05) is 5.32 Å². The number of pyridine rings is 1. The molecule has 27 heavy (non-hydrogen) atoms. The molecule has 0 radical (unpaired) electrons. The van der Waals surface area contributed by atoms with Crippen LogP contribution in [0.4, 0.5) is 10.1 Å². The van der Waals surface area contributed by atoms with Gasteiger partial charge >= 0.3 is 0 Å². The Balaban J connectivity index is 1.73. The lowest BCUT2D eigenvalue weighted by Gasteiger charge is -2.09. The predicted octanol–water partition coefficient (Wildman–Crippen LogP) is 2.95. The van der Waals surface area contributed by atoms with Gasteiger partial charge in [-0.1, -0.05) is 12.1 Å². The summed E-state index contributed by atoms with van der Waals surface area (Å²) in [5.74, 6) is -0.913. The number of anilines is 1. The first-order chi connectivity index (χ1) is 12.9. The van der Waals surface area contributed by atoms with E-state index in [2.05, 4.69) is 15.0 Å². The number of rotatable bonds is 6. The topological polar surface area (TPSA) is 88.2 Å². The molecule has 3 rings (SSSR count). The second kappa shape index (κ2) is 8.07.